The maximum absolute atomic E-state index is 12.0. The minimum absolute atomic E-state index is 0.186. The van der Waals surface area contributed by atoms with Gasteiger partial charge in [-0.25, -0.2) is 13.4 Å². The number of nitrogens with one attached hydrogen (secondary N) is 2. The molecule has 0 aliphatic heterocycles. The molecule has 3 aromatic rings. The molecule has 20 heavy (non-hydrogen) atoms. The molecule has 2 aromatic heterocycles. The van der Waals surface area contributed by atoms with Gasteiger partial charge in [0.1, 0.15) is 17.2 Å². The Labute approximate surface area is 115 Å². The van der Waals surface area contributed by atoms with E-state index < -0.39 is 10.0 Å². The van der Waals surface area contributed by atoms with E-state index in [-0.39, 0.29) is 11.7 Å². The van der Waals surface area contributed by atoms with E-state index in [4.69, 9.17) is 4.52 Å². The average molecular weight is 292 g/mol. The quantitative estimate of drug-likeness (QED) is 0.763. The minimum atomic E-state index is -3.59. The Morgan fingerprint density at radius 2 is 2.15 bits per heavy atom. The van der Waals surface area contributed by atoms with Crippen LogP contribution in [0.2, 0.25) is 0 Å². The van der Waals surface area contributed by atoms with Crippen LogP contribution in [0.1, 0.15) is 11.5 Å². The van der Waals surface area contributed by atoms with Crippen LogP contribution in [0.3, 0.4) is 0 Å². The summed E-state index contributed by atoms with van der Waals surface area (Å²) in [7, 11) is -3.59. The summed E-state index contributed by atoms with van der Waals surface area (Å²) >= 11 is 0. The summed E-state index contributed by atoms with van der Waals surface area (Å²) in [4.78, 5) is 7.05. The molecule has 7 nitrogen and oxygen atoms in total. The highest BCUT2D eigenvalue weighted by Gasteiger charge is 2.16. The van der Waals surface area contributed by atoms with Crippen LogP contribution in [-0.2, 0) is 15.8 Å². The Morgan fingerprint density at radius 1 is 1.35 bits per heavy atom. The molecule has 0 aliphatic rings. The lowest BCUT2D eigenvalue weighted by Crippen LogP contribution is -2.16. The van der Waals surface area contributed by atoms with Crippen LogP contribution in [0, 0.1) is 6.92 Å². The molecule has 2 heterocycles. The summed E-state index contributed by atoms with van der Waals surface area (Å²) in [5.41, 5.74) is 1.82. The number of aromatic nitrogens is 3. The number of hydrogen-bond acceptors (Lipinski definition) is 5. The Morgan fingerprint density at radius 3 is 2.85 bits per heavy atom. The van der Waals surface area contributed by atoms with Gasteiger partial charge >= 0.3 is 0 Å². The van der Waals surface area contributed by atoms with E-state index in [1.54, 1.807) is 19.1 Å². The van der Waals surface area contributed by atoms with Crippen molar-refractivity contribution in [3.63, 3.8) is 0 Å². The summed E-state index contributed by atoms with van der Waals surface area (Å²) in [6.07, 6.45) is 0. The normalized spacial score (nSPS) is 11.8. The smallest absolute Gasteiger partial charge is 0.240 e. The van der Waals surface area contributed by atoms with Crippen molar-refractivity contribution in [1.29, 1.82) is 0 Å². The fourth-order valence-electron chi connectivity index (χ4n) is 1.87. The Bertz CT molecular complexity index is 817. The molecular formula is C12H12N4O3S. The standard InChI is InChI=1S/C12H12N4O3S/c1-8-6-9(15-19-8)7-20(17,18)16-12-13-10-4-2-3-5-11(10)14-12/h2-6H,7H2,1H3,(H2,13,14,16). The molecule has 8 heteroatoms. The topological polar surface area (TPSA) is 101 Å². The third-order valence-corrected chi connectivity index (χ3v) is 3.84. The Balaban J connectivity index is 1.82. The fourth-order valence-corrected chi connectivity index (χ4v) is 2.85. The second kappa shape index (κ2) is 4.64. The van der Waals surface area contributed by atoms with Gasteiger partial charge in [0, 0.05) is 6.07 Å². The number of rotatable bonds is 4. The van der Waals surface area contributed by atoms with Gasteiger partial charge in [-0.1, -0.05) is 17.3 Å². The van der Waals surface area contributed by atoms with E-state index in [9.17, 15) is 8.42 Å². The van der Waals surface area contributed by atoms with Gasteiger partial charge in [0.05, 0.1) is 11.0 Å². The van der Waals surface area contributed by atoms with Crippen LogP contribution in [0.4, 0.5) is 5.95 Å². The molecule has 0 spiro atoms. The van der Waals surface area contributed by atoms with Crippen molar-refractivity contribution in [3.8, 4) is 0 Å². The fraction of sp³-hybridized carbons (Fsp3) is 0.167. The van der Waals surface area contributed by atoms with Gasteiger partial charge in [-0.2, -0.15) is 0 Å². The maximum Gasteiger partial charge on any atom is 0.240 e. The number of fused-ring (bicyclic) bond motifs is 1. The first-order chi connectivity index (χ1) is 9.52. The highest BCUT2D eigenvalue weighted by Crippen LogP contribution is 2.15. The van der Waals surface area contributed by atoms with E-state index in [2.05, 4.69) is 19.8 Å². The molecule has 2 N–H and O–H groups in total. The van der Waals surface area contributed by atoms with Crippen LogP contribution in [-0.4, -0.2) is 23.5 Å². The zero-order valence-electron chi connectivity index (χ0n) is 10.6. The number of sulfonamides is 1. The molecule has 1 aromatic carbocycles. The molecule has 0 saturated heterocycles. The number of imidazole rings is 1. The Kier molecular flexibility index (Phi) is 2.94. The highest BCUT2D eigenvalue weighted by molar-refractivity contribution is 7.91. The van der Waals surface area contributed by atoms with Gasteiger partial charge in [-0.3, -0.25) is 4.72 Å². The van der Waals surface area contributed by atoms with E-state index in [0.717, 1.165) is 5.52 Å². The largest absolute Gasteiger partial charge is 0.361 e. The zero-order chi connectivity index (χ0) is 14.2. The number of benzene rings is 1. The van der Waals surface area contributed by atoms with E-state index in [1.807, 2.05) is 18.2 Å². The molecule has 104 valence electrons. The zero-order valence-corrected chi connectivity index (χ0v) is 11.4. The maximum atomic E-state index is 12.0. The summed E-state index contributed by atoms with van der Waals surface area (Å²) in [6.45, 7) is 1.70. The molecule has 0 bridgehead atoms. The summed E-state index contributed by atoms with van der Waals surface area (Å²) in [6, 6.07) is 8.88. The molecule has 0 fully saturated rings. The molecule has 0 amide bonds. The van der Waals surface area contributed by atoms with Crippen molar-refractivity contribution in [1.82, 2.24) is 15.1 Å². The van der Waals surface area contributed by atoms with Crippen molar-refractivity contribution in [2.45, 2.75) is 12.7 Å². The third-order valence-electron chi connectivity index (χ3n) is 2.66. The lowest BCUT2D eigenvalue weighted by atomic mass is 10.3. The number of anilines is 1. The molecule has 0 aliphatic carbocycles. The van der Waals surface area contributed by atoms with Gasteiger partial charge < -0.3 is 9.51 Å². The molecule has 0 unspecified atom stereocenters. The summed E-state index contributed by atoms with van der Waals surface area (Å²) in [5, 5.41) is 3.66. The molecule has 0 saturated carbocycles. The lowest BCUT2D eigenvalue weighted by Gasteiger charge is -2.02. The highest BCUT2D eigenvalue weighted by atomic mass is 32.2. The predicted molar refractivity (Wildman–Crippen MR) is 73.6 cm³/mol. The van der Waals surface area contributed by atoms with Crippen molar-refractivity contribution >= 4 is 27.0 Å². The SMILES string of the molecule is Cc1cc(CS(=O)(=O)Nc2nc3ccccc3[nH]2)no1. The number of aromatic amines is 1. The molecule has 3 rings (SSSR count). The predicted octanol–water partition coefficient (Wildman–Crippen LogP) is 1.80. The van der Waals surface area contributed by atoms with E-state index in [0.29, 0.717) is 17.0 Å². The minimum Gasteiger partial charge on any atom is -0.361 e. The van der Waals surface area contributed by atoms with Gasteiger partial charge in [-0.15, -0.1) is 0 Å². The second-order valence-corrected chi connectivity index (χ2v) is 6.11. The second-order valence-electron chi connectivity index (χ2n) is 4.39. The Hall–Kier alpha value is -2.35. The monoisotopic (exact) mass is 292 g/mol. The van der Waals surface area contributed by atoms with Gasteiger partial charge in [-0.05, 0) is 19.1 Å². The first kappa shape index (κ1) is 12.7. The third kappa shape index (κ3) is 2.64. The van der Waals surface area contributed by atoms with Crippen molar-refractivity contribution in [3.05, 3.63) is 41.8 Å². The number of nitrogens with zero attached hydrogens (tertiary/aromatic N) is 2. The van der Waals surface area contributed by atoms with Crippen molar-refractivity contribution < 1.29 is 12.9 Å². The number of H-pyrrole nitrogens is 1. The lowest BCUT2D eigenvalue weighted by molar-refractivity contribution is 0.392. The van der Waals surface area contributed by atoms with E-state index in [1.165, 1.54) is 0 Å². The molecule has 0 radical (unpaired) electrons. The van der Waals surface area contributed by atoms with Crippen molar-refractivity contribution in [2.75, 3.05) is 4.72 Å². The number of hydrogen-bond donors (Lipinski definition) is 2. The summed E-state index contributed by atoms with van der Waals surface area (Å²) < 4.78 is 31.2. The van der Waals surface area contributed by atoms with Gasteiger partial charge in [0.2, 0.25) is 16.0 Å². The van der Waals surface area contributed by atoms with Gasteiger partial charge in [0.25, 0.3) is 0 Å². The van der Waals surface area contributed by atoms with Gasteiger partial charge in [0.15, 0.2) is 0 Å². The van der Waals surface area contributed by atoms with Crippen LogP contribution in [0.15, 0.2) is 34.9 Å². The van der Waals surface area contributed by atoms with Crippen LogP contribution in [0.25, 0.3) is 11.0 Å². The number of para-hydroxylation sites is 2. The van der Waals surface area contributed by atoms with Crippen LogP contribution < -0.4 is 4.72 Å². The first-order valence-electron chi connectivity index (χ1n) is 5.89. The van der Waals surface area contributed by atoms with Crippen LogP contribution >= 0.6 is 0 Å². The number of aryl methyl sites for hydroxylation is 1. The molecular weight excluding hydrogens is 280 g/mol. The van der Waals surface area contributed by atoms with Crippen molar-refractivity contribution in [2.24, 2.45) is 0 Å². The average Bonchev–Trinajstić information content (AvgIpc) is 2.93. The van der Waals surface area contributed by atoms with Crippen LogP contribution in [0.5, 0.6) is 0 Å². The first-order valence-corrected chi connectivity index (χ1v) is 7.54. The molecule has 0 atom stereocenters. The van der Waals surface area contributed by atoms with E-state index >= 15 is 0 Å². The summed E-state index contributed by atoms with van der Waals surface area (Å²) in [5.74, 6) is 0.492.